The van der Waals surface area contributed by atoms with E-state index >= 15 is 0 Å². The molecule has 0 saturated heterocycles. The van der Waals surface area contributed by atoms with Crippen LogP contribution < -0.4 is 10.1 Å². The SMILES string of the molecule is CC.CC/C(=C(\c1ccccc1)c1ccc(OCCNC(C)C)cc1)c1ccccc1. The summed E-state index contributed by atoms with van der Waals surface area (Å²) in [5, 5.41) is 3.38. The highest BCUT2D eigenvalue weighted by atomic mass is 16.5. The molecule has 0 spiro atoms. The largest absolute Gasteiger partial charge is 0.492 e. The number of hydrogen-bond acceptors (Lipinski definition) is 2. The van der Waals surface area contributed by atoms with Gasteiger partial charge < -0.3 is 10.1 Å². The summed E-state index contributed by atoms with van der Waals surface area (Å²) >= 11 is 0. The Morgan fingerprint density at radius 2 is 1.26 bits per heavy atom. The van der Waals surface area contributed by atoms with Crippen LogP contribution in [0, 0.1) is 0 Å². The Bertz CT molecular complexity index is 896. The second-order valence-electron chi connectivity index (χ2n) is 7.42. The summed E-state index contributed by atoms with van der Waals surface area (Å²) in [7, 11) is 0. The standard InChI is InChI=1S/C27H31NO.C2H6/c1-4-26(22-11-7-5-8-12-22)27(23-13-9-6-10-14-23)24-15-17-25(18-16-24)29-20-19-28-21(2)3;1-2/h5-18,21,28H,4,19-20H2,1-3H3;1-2H3/b27-26-;. The van der Waals surface area contributed by atoms with E-state index in [4.69, 9.17) is 4.74 Å². The van der Waals surface area contributed by atoms with Gasteiger partial charge in [0.05, 0.1) is 0 Å². The van der Waals surface area contributed by atoms with Crippen molar-refractivity contribution in [2.45, 2.75) is 47.1 Å². The van der Waals surface area contributed by atoms with Crippen LogP contribution in [0.5, 0.6) is 5.75 Å². The van der Waals surface area contributed by atoms with Gasteiger partial charge in [0.2, 0.25) is 0 Å². The molecule has 0 bridgehead atoms. The van der Waals surface area contributed by atoms with Crippen LogP contribution in [0.25, 0.3) is 11.1 Å². The maximum absolute atomic E-state index is 5.89. The van der Waals surface area contributed by atoms with Gasteiger partial charge in [-0.15, -0.1) is 0 Å². The second-order valence-corrected chi connectivity index (χ2v) is 7.42. The zero-order valence-corrected chi connectivity index (χ0v) is 19.7. The molecule has 3 rings (SSSR count). The first-order valence-electron chi connectivity index (χ1n) is 11.5. The van der Waals surface area contributed by atoms with Crippen molar-refractivity contribution in [3.63, 3.8) is 0 Å². The highest BCUT2D eigenvalue weighted by Crippen LogP contribution is 2.34. The maximum atomic E-state index is 5.89. The third-order valence-corrected chi connectivity index (χ3v) is 4.91. The van der Waals surface area contributed by atoms with Crippen molar-refractivity contribution in [2.75, 3.05) is 13.2 Å². The van der Waals surface area contributed by atoms with E-state index < -0.39 is 0 Å². The number of benzene rings is 3. The van der Waals surface area contributed by atoms with Gasteiger partial charge in [0.15, 0.2) is 0 Å². The van der Waals surface area contributed by atoms with Crippen LogP contribution in [0.15, 0.2) is 84.9 Å². The van der Waals surface area contributed by atoms with Gasteiger partial charge in [-0.3, -0.25) is 0 Å². The van der Waals surface area contributed by atoms with Gasteiger partial charge >= 0.3 is 0 Å². The van der Waals surface area contributed by atoms with E-state index in [2.05, 4.69) is 111 Å². The third-order valence-electron chi connectivity index (χ3n) is 4.91. The van der Waals surface area contributed by atoms with Gasteiger partial charge in [-0.05, 0) is 46.4 Å². The van der Waals surface area contributed by atoms with Gasteiger partial charge in [0.25, 0.3) is 0 Å². The Balaban J connectivity index is 0.00000166. The van der Waals surface area contributed by atoms with Crippen molar-refractivity contribution in [3.8, 4) is 5.75 Å². The summed E-state index contributed by atoms with van der Waals surface area (Å²) in [5.74, 6) is 0.907. The summed E-state index contributed by atoms with van der Waals surface area (Å²) in [4.78, 5) is 0. The van der Waals surface area contributed by atoms with Crippen LogP contribution >= 0.6 is 0 Å². The van der Waals surface area contributed by atoms with Gasteiger partial charge in [0.1, 0.15) is 12.4 Å². The molecule has 0 amide bonds. The van der Waals surface area contributed by atoms with Crippen molar-refractivity contribution in [1.29, 1.82) is 0 Å². The van der Waals surface area contributed by atoms with Crippen LogP contribution in [-0.4, -0.2) is 19.2 Å². The first-order chi connectivity index (χ1) is 15.2. The quantitative estimate of drug-likeness (QED) is 0.289. The Morgan fingerprint density at radius 3 is 1.77 bits per heavy atom. The first-order valence-corrected chi connectivity index (χ1v) is 11.5. The van der Waals surface area contributed by atoms with Gasteiger partial charge in [-0.1, -0.05) is 107 Å². The Labute approximate surface area is 189 Å². The molecule has 0 aliphatic heterocycles. The van der Waals surface area contributed by atoms with E-state index in [1.54, 1.807) is 0 Å². The zero-order valence-electron chi connectivity index (χ0n) is 19.7. The minimum atomic E-state index is 0.477. The van der Waals surface area contributed by atoms with Gasteiger partial charge in [0, 0.05) is 12.6 Å². The molecule has 0 fully saturated rings. The number of allylic oxidation sites excluding steroid dienone is 1. The highest BCUT2D eigenvalue weighted by Gasteiger charge is 2.13. The van der Waals surface area contributed by atoms with Crippen LogP contribution in [0.1, 0.15) is 57.7 Å². The van der Waals surface area contributed by atoms with E-state index in [1.165, 1.54) is 27.8 Å². The number of rotatable bonds is 9. The van der Waals surface area contributed by atoms with Crippen molar-refractivity contribution in [1.82, 2.24) is 5.32 Å². The van der Waals surface area contributed by atoms with Crippen LogP contribution in [0.4, 0.5) is 0 Å². The fourth-order valence-corrected chi connectivity index (χ4v) is 3.52. The van der Waals surface area contributed by atoms with Crippen molar-refractivity contribution >= 4 is 11.1 Å². The van der Waals surface area contributed by atoms with Gasteiger partial charge in [-0.25, -0.2) is 0 Å². The fourth-order valence-electron chi connectivity index (χ4n) is 3.52. The molecule has 1 N–H and O–H groups in total. The molecule has 0 heterocycles. The fraction of sp³-hybridized carbons (Fsp3) is 0.310. The molecular formula is C29H37NO. The smallest absolute Gasteiger partial charge is 0.119 e. The van der Waals surface area contributed by atoms with Crippen molar-refractivity contribution in [2.24, 2.45) is 0 Å². The highest BCUT2D eigenvalue weighted by molar-refractivity contribution is 5.98. The predicted octanol–water partition coefficient (Wildman–Crippen LogP) is 7.46. The number of nitrogens with one attached hydrogen (secondary N) is 1. The summed E-state index contributed by atoms with van der Waals surface area (Å²) in [6, 6.07) is 30.3. The summed E-state index contributed by atoms with van der Waals surface area (Å²) in [6.45, 7) is 12.0. The molecule has 3 aromatic carbocycles. The van der Waals surface area contributed by atoms with E-state index in [0.29, 0.717) is 12.6 Å². The molecule has 0 radical (unpaired) electrons. The molecule has 2 nitrogen and oxygen atoms in total. The molecule has 0 aromatic heterocycles. The molecule has 0 atom stereocenters. The Hall–Kier alpha value is -2.84. The van der Waals surface area contributed by atoms with Gasteiger partial charge in [-0.2, -0.15) is 0 Å². The molecular weight excluding hydrogens is 378 g/mol. The van der Waals surface area contributed by atoms with E-state index in [0.717, 1.165) is 18.7 Å². The summed E-state index contributed by atoms with van der Waals surface area (Å²) < 4.78 is 5.89. The van der Waals surface area contributed by atoms with Crippen LogP contribution in [0.2, 0.25) is 0 Å². The molecule has 3 aromatic rings. The monoisotopic (exact) mass is 415 g/mol. The number of ether oxygens (including phenoxy) is 1. The lowest BCUT2D eigenvalue weighted by molar-refractivity contribution is 0.309. The summed E-state index contributed by atoms with van der Waals surface area (Å²) in [5.41, 5.74) is 6.36. The third kappa shape index (κ3) is 7.41. The minimum absolute atomic E-state index is 0.477. The van der Waals surface area contributed by atoms with Crippen LogP contribution in [0.3, 0.4) is 0 Å². The second kappa shape index (κ2) is 13.5. The Morgan fingerprint density at radius 1 is 0.742 bits per heavy atom. The van der Waals surface area contributed by atoms with E-state index in [-0.39, 0.29) is 0 Å². The average molecular weight is 416 g/mol. The topological polar surface area (TPSA) is 21.3 Å². The molecule has 0 aliphatic carbocycles. The Kier molecular flexibility index (Phi) is 10.6. The zero-order chi connectivity index (χ0) is 22.5. The lowest BCUT2D eigenvalue weighted by Crippen LogP contribution is -2.27. The predicted molar refractivity (Wildman–Crippen MR) is 136 cm³/mol. The molecule has 0 aliphatic rings. The number of hydrogen-bond donors (Lipinski definition) is 1. The lowest BCUT2D eigenvalue weighted by Gasteiger charge is -2.17. The van der Waals surface area contributed by atoms with Crippen molar-refractivity contribution < 1.29 is 4.74 Å². The molecule has 0 saturated carbocycles. The van der Waals surface area contributed by atoms with E-state index in [1.807, 2.05) is 13.8 Å². The normalized spacial score (nSPS) is 11.4. The minimum Gasteiger partial charge on any atom is -0.492 e. The molecule has 164 valence electrons. The molecule has 31 heavy (non-hydrogen) atoms. The molecule has 2 heteroatoms. The first kappa shape index (κ1) is 24.4. The lowest BCUT2D eigenvalue weighted by atomic mass is 9.88. The van der Waals surface area contributed by atoms with E-state index in [9.17, 15) is 0 Å². The summed E-state index contributed by atoms with van der Waals surface area (Å²) in [6.07, 6.45) is 0.966. The van der Waals surface area contributed by atoms with Crippen molar-refractivity contribution in [3.05, 3.63) is 102 Å². The maximum Gasteiger partial charge on any atom is 0.119 e. The molecule has 0 unspecified atom stereocenters. The van der Waals surface area contributed by atoms with Crippen LogP contribution in [-0.2, 0) is 0 Å². The average Bonchev–Trinajstić information content (AvgIpc) is 2.83.